The lowest BCUT2D eigenvalue weighted by Crippen LogP contribution is -2.41. The maximum absolute atomic E-state index is 11.9. The number of aryl methyl sites for hydroxylation is 1. The monoisotopic (exact) mass is 248 g/mol. The molecule has 1 unspecified atom stereocenters. The van der Waals surface area contributed by atoms with Crippen LogP contribution in [-0.2, 0) is 4.79 Å². The molecule has 0 bridgehead atoms. The van der Waals surface area contributed by atoms with Gasteiger partial charge in [-0.05, 0) is 25.8 Å². The number of nitrogens with one attached hydrogen (secondary N) is 1. The summed E-state index contributed by atoms with van der Waals surface area (Å²) >= 11 is 0. The Kier molecular flexibility index (Phi) is 5.86. The maximum Gasteiger partial charge on any atom is 0.237 e. The van der Waals surface area contributed by atoms with Crippen molar-refractivity contribution in [3.63, 3.8) is 0 Å². The van der Waals surface area contributed by atoms with Crippen molar-refractivity contribution in [2.45, 2.75) is 52.1 Å². The van der Waals surface area contributed by atoms with Crippen LogP contribution in [0.25, 0.3) is 0 Å². The molecule has 0 fully saturated rings. The van der Waals surface area contributed by atoms with Crippen LogP contribution in [0.4, 0.5) is 0 Å². The van der Waals surface area contributed by atoms with E-state index in [0.717, 1.165) is 24.8 Å². The van der Waals surface area contributed by atoms with Crippen molar-refractivity contribution in [3.05, 3.63) is 35.4 Å². The maximum atomic E-state index is 11.9. The van der Waals surface area contributed by atoms with E-state index in [1.165, 1.54) is 5.56 Å². The molecule has 1 rings (SSSR count). The third kappa shape index (κ3) is 4.49. The molecule has 0 saturated heterocycles. The van der Waals surface area contributed by atoms with E-state index in [1.807, 2.05) is 26.0 Å². The fourth-order valence-corrected chi connectivity index (χ4v) is 1.81. The van der Waals surface area contributed by atoms with Crippen molar-refractivity contribution < 1.29 is 4.79 Å². The average Bonchev–Trinajstić information content (AvgIpc) is 2.36. The minimum Gasteiger partial charge on any atom is -0.348 e. The number of carbonyl (C=O) groups is 1. The molecule has 3 heteroatoms. The first-order valence-corrected chi connectivity index (χ1v) is 6.67. The Morgan fingerprint density at radius 3 is 2.50 bits per heavy atom. The zero-order valence-electron chi connectivity index (χ0n) is 11.6. The third-order valence-corrected chi connectivity index (χ3v) is 3.14. The van der Waals surface area contributed by atoms with E-state index in [2.05, 4.69) is 24.4 Å². The summed E-state index contributed by atoms with van der Waals surface area (Å²) in [4.78, 5) is 11.9. The Balaban J connectivity index is 2.51. The number of benzene rings is 1. The second kappa shape index (κ2) is 7.17. The van der Waals surface area contributed by atoms with Gasteiger partial charge < -0.3 is 11.1 Å². The van der Waals surface area contributed by atoms with Crippen LogP contribution in [0.2, 0.25) is 0 Å². The van der Waals surface area contributed by atoms with Gasteiger partial charge in [0.1, 0.15) is 0 Å². The zero-order valence-corrected chi connectivity index (χ0v) is 11.6. The highest BCUT2D eigenvalue weighted by atomic mass is 16.2. The normalized spacial score (nSPS) is 14.0. The largest absolute Gasteiger partial charge is 0.348 e. The Labute approximate surface area is 110 Å². The van der Waals surface area contributed by atoms with Gasteiger partial charge in [0.25, 0.3) is 0 Å². The highest BCUT2D eigenvalue weighted by molar-refractivity contribution is 5.81. The van der Waals surface area contributed by atoms with Crippen molar-refractivity contribution in [2.24, 2.45) is 5.73 Å². The van der Waals surface area contributed by atoms with Crippen LogP contribution >= 0.6 is 0 Å². The molecule has 0 saturated carbocycles. The average molecular weight is 248 g/mol. The topological polar surface area (TPSA) is 55.1 Å². The smallest absolute Gasteiger partial charge is 0.237 e. The predicted octanol–water partition coefficient (Wildman–Crippen LogP) is 2.69. The molecule has 2 atom stereocenters. The van der Waals surface area contributed by atoms with Crippen molar-refractivity contribution in [2.75, 3.05) is 0 Å². The molecular formula is C15H24N2O. The van der Waals surface area contributed by atoms with Gasteiger partial charge in [-0.3, -0.25) is 4.79 Å². The number of rotatable bonds is 6. The van der Waals surface area contributed by atoms with Crippen LogP contribution in [0.1, 0.15) is 50.3 Å². The first kappa shape index (κ1) is 14.7. The summed E-state index contributed by atoms with van der Waals surface area (Å²) in [6.07, 6.45) is 2.81. The summed E-state index contributed by atoms with van der Waals surface area (Å²) in [5.41, 5.74) is 8.17. The SMILES string of the molecule is CCCC[C@H](N)C(=O)NC(C)c1ccc(C)cc1. The number of carbonyl (C=O) groups excluding carboxylic acids is 1. The van der Waals surface area contributed by atoms with E-state index in [1.54, 1.807) is 0 Å². The summed E-state index contributed by atoms with van der Waals surface area (Å²) in [6, 6.07) is 7.79. The zero-order chi connectivity index (χ0) is 13.5. The second-order valence-corrected chi connectivity index (χ2v) is 4.89. The lowest BCUT2D eigenvalue weighted by molar-refractivity contribution is -0.123. The van der Waals surface area contributed by atoms with Crippen molar-refractivity contribution in [1.29, 1.82) is 0 Å². The summed E-state index contributed by atoms with van der Waals surface area (Å²) in [6.45, 7) is 6.13. The first-order valence-electron chi connectivity index (χ1n) is 6.67. The third-order valence-electron chi connectivity index (χ3n) is 3.14. The van der Waals surface area contributed by atoms with E-state index in [-0.39, 0.29) is 11.9 Å². The highest BCUT2D eigenvalue weighted by Gasteiger charge is 2.15. The van der Waals surface area contributed by atoms with Crippen LogP contribution in [0.3, 0.4) is 0 Å². The highest BCUT2D eigenvalue weighted by Crippen LogP contribution is 2.13. The minimum atomic E-state index is -0.391. The van der Waals surface area contributed by atoms with E-state index < -0.39 is 6.04 Å². The Bertz CT molecular complexity index is 373. The van der Waals surface area contributed by atoms with E-state index >= 15 is 0 Å². The molecule has 3 N–H and O–H groups in total. The minimum absolute atomic E-state index is 0.00535. The van der Waals surface area contributed by atoms with Gasteiger partial charge in [0.15, 0.2) is 0 Å². The molecule has 1 amide bonds. The summed E-state index contributed by atoms with van der Waals surface area (Å²) in [5, 5.41) is 2.96. The van der Waals surface area contributed by atoms with Gasteiger partial charge in [-0.1, -0.05) is 49.6 Å². The van der Waals surface area contributed by atoms with Crippen molar-refractivity contribution in [3.8, 4) is 0 Å². The lowest BCUT2D eigenvalue weighted by atomic mass is 10.1. The van der Waals surface area contributed by atoms with E-state index in [0.29, 0.717) is 0 Å². The molecule has 1 aromatic rings. The molecule has 3 nitrogen and oxygen atoms in total. The Morgan fingerprint density at radius 2 is 1.94 bits per heavy atom. The van der Waals surface area contributed by atoms with Gasteiger partial charge in [-0.25, -0.2) is 0 Å². The standard InChI is InChI=1S/C15H24N2O/c1-4-5-6-14(16)15(18)17-12(3)13-9-7-11(2)8-10-13/h7-10,12,14H,4-6,16H2,1-3H3,(H,17,18)/t12?,14-/m0/s1. The van der Waals surface area contributed by atoms with Crippen LogP contribution < -0.4 is 11.1 Å². The van der Waals surface area contributed by atoms with Gasteiger partial charge in [-0.15, -0.1) is 0 Å². The fourth-order valence-electron chi connectivity index (χ4n) is 1.81. The molecule has 0 radical (unpaired) electrons. The van der Waals surface area contributed by atoms with Crippen LogP contribution in [0.15, 0.2) is 24.3 Å². The van der Waals surface area contributed by atoms with E-state index in [9.17, 15) is 4.79 Å². The number of unbranched alkanes of at least 4 members (excludes halogenated alkanes) is 1. The predicted molar refractivity (Wildman–Crippen MR) is 75.2 cm³/mol. The second-order valence-electron chi connectivity index (χ2n) is 4.89. The first-order chi connectivity index (χ1) is 8.54. The van der Waals surface area contributed by atoms with Crippen LogP contribution in [-0.4, -0.2) is 11.9 Å². The summed E-state index contributed by atoms with van der Waals surface area (Å²) < 4.78 is 0. The number of amides is 1. The van der Waals surface area contributed by atoms with Gasteiger partial charge >= 0.3 is 0 Å². The van der Waals surface area contributed by atoms with Crippen molar-refractivity contribution >= 4 is 5.91 Å². The molecule has 0 aromatic heterocycles. The molecule has 0 aliphatic rings. The quantitative estimate of drug-likeness (QED) is 0.813. The van der Waals surface area contributed by atoms with E-state index in [4.69, 9.17) is 5.73 Å². The van der Waals surface area contributed by atoms with Crippen LogP contribution in [0, 0.1) is 6.92 Å². The number of nitrogens with two attached hydrogens (primary N) is 1. The number of hydrogen-bond donors (Lipinski definition) is 2. The number of hydrogen-bond acceptors (Lipinski definition) is 2. The van der Waals surface area contributed by atoms with Gasteiger partial charge in [0, 0.05) is 0 Å². The Morgan fingerprint density at radius 1 is 1.33 bits per heavy atom. The summed E-state index contributed by atoms with van der Waals surface area (Å²) in [5.74, 6) is -0.0588. The lowest BCUT2D eigenvalue weighted by Gasteiger charge is -2.18. The van der Waals surface area contributed by atoms with Crippen molar-refractivity contribution in [1.82, 2.24) is 5.32 Å². The van der Waals surface area contributed by atoms with Gasteiger partial charge in [-0.2, -0.15) is 0 Å². The molecule has 18 heavy (non-hydrogen) atoms. The Hall–Kier alpha value is -1.35. The summed E-state index contributed by atoms with van der Waals surface area (Å²) in [7, 11) is 0. The van der Waals surface area contributed by atoms with Crippen LogP contribution in [0.5, 0.6) is 0 Å². The molecule has 1 aromatic carbocycles. The molecule has 0 spiro atoms. The molecular weight excluding hydrogens is 224 g/mol. The molecule has 0 heterocycles. The van der Waals surface area contributed by atoms with Gasteiger partial charge in [0.05, 0.1) is 12.1 Å². The fraction of sp³-hybridized carbons (Fsp3) is 0.533. The molecule has 0 aliphatic carbocycles. The van der Waals surface area contributed by atoms with Gasteiger partial charge in [0.2, 0.25) is 5.91 Å². The molecule has 100 valence electrons. The molecule has 0 aliphatic heterocycles.